The third-order valence-corrected chi connectivity index (χ3v) is 9.48. The van der Waals surface area contributed by atoms with Crippen molar-refractivity contribution < 1.29 is 9.90 Å². The molecule has 0 aromatic carbocycles. The van der Waals surface area contributed by atoms with Gasteiger partial charge in [0.25, 0.3) is 5.91 Å². The van der Waals surface area contributed by atoms with Crippen LogP contribution in [0.25, 0.3) is 0 Å². The zero-order chi connectivity index (χ0) is 20.1. The lowest BCUT2D eigenvalue weighted by Crippen LogP contribution is -2.62. The Morgan fingerprint density at radius 2 is 1.79 bits per heavy atom. The molecular formula is C24H36N2O2S. The Morgan fingerprint density at radius 1 is 1.17 bits per heavy atom. The van der Waals surface area contributed by atoms with Gasteiger partial charge in [-0.25, -0.2) is 0 Å². The standard InChI is InChI=1S/C24H36N2O2S/c1-17-5-6-21(29-17)24(28,22(27)25-7-4-10-26-8-2-3-9-26)23-14-18-11-19(15-23)13-20(12-18)16-23/h5-6,18-20,28H,2-4,7-16H2,1H3,(H,25,27). The van der Waals surface area contributed by atoms with E-state index in [0.717, 1.165) is 37.1 Å². The number of hydrogen-bond donors (Lipinski definition) is 2. The maximum atomic E-state index is 13.6. The highest BCUT2D eigenvalue weighted by Gasteiger charge is 2.64. The Morgan fingerprint density at radius 3 is 2.34 bits per heavy atom. The fraction of sp³-hybridized carbons (Fsp3) is 0.792. The molecule has 5 fully saturated rings. The molecule has 0 radical (unpaired) electrons. The van der Waals surface area contributed by atoms with E-state index in [-0.39, 0.29) is 11.3 Å². The summed E-state index contributed by atoms with van der Waals surface area (Å²) in [5, 5.41) is 15.4. The lowest BCUT2D eigenvalue weighted by molar-refractivity contribution is -0.193. The van der Waals surface area contributed by atoms with Crippen molar-refractivity contribution in [2.24, 2.45) is 23.2 Å². The van der Waals surface area contributed by atoms with Crippen LogP contribution in [0.5, 0.6) is 0 Å². The molecule has 4 aliphatic carbocycles. The van der Waals surface area contributed by atoms with E-state index in [1.807, 2.05) is 6.07 Å². The monoisotopic (exact) mass is 416 g/mol. The molecule has 2 N–H and O–H groups in total. The normalized spacial score (nSPS) is 35.7. The van der Waals surface area contributed by atoms with Crippen LogP contribution < -0.4 is 5.32 Å². The van der Waals surface area contributed by atoms with Gasteiger partial charge >= 0.3 is 0 Å². The van der Waals surface area contributed by atoms with Crippen LogP contribution in [-0.4, -0.2) is 42.1 Å². The minimum Gasteiger partial charge on any atom is -0.374 e. The van der Waals surface area contributed by atoms with Crippen molar-refractivity contribution in [1.29, 1.82) is 0 Å². The maximum Gasteiger partial charge on any atom is 0.258 e. The number of amides is 1. The molecule has 1 saturated heterocycles. The van der Waals surface area contributed by atoms with Crippen LogP contribution >= 0.6 is 11.3 Å². The van der Waals surface area contributed by atoms with E-state index < -0.39 is 5.60 Å². The van der Waals surface area contributed by atoms with E-state index in [4.69, 9.17) is 0 Å². The average molecular weight is 417 g/mol. The molecule has 4 saturated carbocycles. The molecule has 4 nitrogen and oxygen atoms in total. The molecule has 1 atom stereocenters. The van der Waals surface area contributed by atoms with Gasteiger partial charge in [-0.3, -0.25) is 4.79 Å². The van der Waals surface area contributed by atoms with Crippen LogP contribution in [0.15, 0.2) is 12.1 Å². The number of rotatable bonds is 7. The van der Waals surface area contributed by atoms with Gasteiger partial charge in [0, 0.05) is 21.7 Å². The van der Waals surface area contributed by atoms with E-state index in [2.05, 4.69) is 23.2 Å². The molecule has 1 aromatic rings. The average Bonchev–Trinajstić information content (AvgIpc) is 3.35. The SMILES string of the molecule is Cc1ccc(C(O)(C(=O)NCCCN2CCCC2)C23CC4CC(CC(C4)C2)C3)s1. The van der Waals surface area contributed by atoms with Gasteiger partial charge in [0.1, 0.15) is 0 Å². The van der Waals surface area contributed by atoms with E-state index in [9.17, 15) is 9.90 Å². The predicted octanol–water partition coefficient (Wildman–Crippen LogP) is 4.06. The van der Waals surface area contributed by atoms with E-state index in [1.54, 1.807) is 11.3 Å². The van der Waals surface area contributed by atoms with Gasteiger partial charge in [0.15, 0.2) is 5.60 Å². The first-order valence-electron chi connectivity index (χ1n) is 11.8. The summed E-state index contributed by atoms with van der Waals surface area (Å²) in [6.07, 6.45) is 10.6. The highest BCUT2D eigenvalue weighted by atomic mass is 32.1. The first kappa shape index (κ1) is 20.0. The molecule has 1 amide bonds. The highest BCUT2D eigenvalue weighted by Crippen LogP contribution is 2.66. The topological polar surface area (TPSA) is 52.6 Å². The van der Waals surface area contributed by atoms with Crippen molar-refractivity contribution in [3.8, 4) is 0 Å². The van der Waals surface area contributed by atoms with Gasteiger partial charge in [-0.15, -0.1) is 11.3 Å². The van der Waals surface area contributed by atoms with Crippen LogP contribution in [0.1, 0.15) is 67.5 Å². The minimum atomic E-state index is -1.37. The molecule has 5 aliphatic rings. The number of thiophene rings is 1. The summed E-state index contributed by atoms with van der Waals surface area (Å²) in [7, 11) is 0. The van der Waals surface area contributed by atoms with Gasteiger partial charge in [-0.2, -0.15) is 0 Å². The lowest BCUT2D eigenvalue weighted by Gasteiger charge is -2.61. The Labute approximate surface area is 179 Å². The molecular weight excluding hydrogens is 380 g/mol. The third kappa shape index (κ3) is 3.47. The number of carbonyl (C=O) groups excluding carboxylic acids is 1. The van der Waals surface area contributed by atoms with Crippen LogP contribution in [0.4, 0.5) is 0 Å². The van der Waals surface area contributed by atoms with Crippen LogP contribution in [0.2, 0.25) is 0 Å². The summed E-state index contributed by atoms with van der Waals surface area (Å²) in [5.74, 6) is 1.98. The van der Waals surface area contributed by atoms with Gasteiger partial charge in [0.05, 0.1) is 0 Å². The molecule has 1 unspecified atom stereocenters. The molecule has 0 spiro atoms. The molecule has 4 bridgehead atoms. The van der Waals surface area contributed by atoms with Crippen molar-refractivity contribution in [3.05, 3.63) is 21.9 Å². The number of carbonyl (C=O) groups is 1. The minimum absolute atomic E-state index is 0.136. The van der Waals surface area contributed by atoms with E-state index in [0.29, 0.717) is 24.3 Å². The summed E-state index contributed by atoms with van der Waals surface area (Å²) in [5.41, 5.74) is -1.63. The second kappa shape index (κ2) is 7.65. The largest absolute Gasteiger partial charge is 0.374 e. The number of nitrogens with zero attached hydrogens (tertiary/aromatic N) is 1. The number of aliphatic hydroxyl groups is 1. The second-order valence-corrected chi connectivity index (χ2v) is 11.8. The molecule has 6 rings (SSSR count). The zero-order valence-electron chi connectivity index (χ0n) is 17.8. The molecule has 1 aliphatic heterocycles. The predicted molar refractivity (Wildman–Crippen MR) is 117 cm³/mol. The Hall–Kier alpha value is -0.910. The first-order chi connectivity index (χ1) is 14.0. The lowest BCUT2D eigenvalue weighted by atomic mass is 9.45. The molecule has 29 heavy (non-hydrogen) atoms. The van der Waals surface area contributed by atoms with Gasteiger partial charge in [-0.05, 0) is 114 Å². The van der Waals surface area contributed by atoms with Crippen LogP contribution in [0, 0.1) is 30.1 Å². The van der Waals surface area contributed by atoms with Crippen molar-refractivity contribution in [3.63, 3.8) is 0 Å². The van der Waals surface area contributed by atoms with Gasteiger partial charge in [-0.1, -0.05) is 0 Å². The smallest absolute Gasteiger partial charge is 0.258 e. The summed E-state index contributed by atoms with van der Waals surface area (Å²) in [4.78, 5) is 18.1. The highest BCUT2D eigenvalue weighted by molar-refractivity contribution is 7.12. The van der Waals surface area contributed by atoms with Crippen molar-refractivity contribution in [2.45, 2.75) is 70.3 Å². The van der Waals surface area contributed by atoms with Crippen molar-refractivity contribution >= 4 is 17.2 Å². The summed E-state index contributed by atoms with van der Waals surface area (Å²) < 4.78 is 0. The Balaban J connectivity index is 1.36. The summed E-state index contributed by atoms with van der Waals surface area (Å²) >= 11 is 1.61. The van der Waals surface area contributed by atoms with E-state index in [1.165, 1.54) is 50.1 Å². The zero-order valence-corrected chi connectivity index (χ0v) is 18.6. The Kier molecular flexibility index (Phi) is 5.28. The summed E-state index contributed by atoms with van der Waals surface area (Å²) in [6, 6.07) is 4.08. The van der Waals surface area contributed by atoms with Crippen molar-refractivity contribution in [2.75, 3.05) is 26.2 Å². The number of hydrogen-bond acceptors (Lipinski definition) is 4. The van der Waals surface area contributed by atoms with E-state index >= 15 is 0 Å². The number of likely N-dealkylation sites (tertiary alicyclic amines) is 1. The van der Waals surface area contributed by atoms with Gasteiger partial charge in [0.2, 0.25) is 0 Å². The van der Waals surface area contributed by atoms with Crippen LogP contribution in [0.3, 0.4) is 0 Å². The fourth-order valence-corrected chi connectivity index (χ4v) is 8.51. The third-order valence-electron chi connectivity index (χ3n) is 8.37. The molecule has 1 aromatic heterocycles. The summed E-state index contributed by atoms with van der Waals surface area (Å²) in [6.45, 7) is 6.17. The number of nitrogens with one attached hydrogen (secondary N) is 1. The molecule has 2 heterocycles. The Bertz CT molecular complexity index is 719. The fourth-order valence-electron chi connectivity index (χ4n) is 7.44. The molecule has 5 heteroatoms. The quantitative estimate of drug-likeness (QED) is 0.659. The maximum absolute atomic E-state index is 13.6. The number of aryl methyl sites for hydroxylation is 1. The first-order valence-corrected chi connectivity index (χ1v) is 12.6. The second-order valence-electron chi connectivity index (χ2n) is 10.5. The van der Waals surface area contributed by atoms with Crippen molar-refractivity contribution in [1.82, 2.24) is 10.2 Å². The van der Waals surface area contributed by atoms with Crippen LogP contribution in [-0.2, 0) is 10.4 Å². The molecule has 160 valence electrons. The van der Waals surface area contributed by atoms with Gasteiger partial charge < -0.3 is 15.3 Å².